The molecule has 0 fully saturated rings. The molecule has 112 valence electrons. The molecule has 1 aromatic carbocycles. The molecule has 0 aliphatic heterocycles. The molecular weight excluding hydrogens is 328 g/mol. The Morgan fingerprint density at radius 1 is 1.29 bits per heavy atom. The van der Waals surface area contributed by atoms with Crippen LogP contribution in [0.4, 0.5) is 5.69 Å². The highest BCUT2D eigenvalue weighted by Crippen LogP contribution is 2.19. The Kier molecular flexibility index (Phi) is 5.40. The van der Waals surface area contributed by atoms with E-state index in [-0.39, 0.29) is 10.8 Å². The number of carbonyl (C=O) groups excluding carboxylic acids is 1. The molecule has 0 bridgehead atoms. The molecule has 0 unspecified atom stereocenters. The van der Waals surface area contributed by atoms with Crippen LogP contribution in [0.1, 0.15) is 0 Å². The molecule has 0 atom stereocenters. The molecule has 0 aliphatic carbocycles. The fraction of sp³-hybridized carbons (Fsp3) is 0.154. The zero-order chi connectivity index (χ0) is 15.3. The van der Waals surface area contributed by atoms with Gasteiger partial charge in [0, 0.05) is 10.6 Å². The molecule has 21 heavy (non-hydrogen) atoms. The minimum atomic E-state index is -3.61. The van der Waals surface area contributed by atoms with Gasteiger partial charge in [-0.05, 0) is 35.9 Å². The molecule has 0 saturated heterocycles. The molecule has 1 heterocycles. The van der Waals surface area contributed by atoms with Gasteiger partial charge in [-0.3, -0.25) is 4.79 Å². The van der Waals surface area contributed by atoms with Crippen LogP contribution in [0.3, 0.4) is 0 Å². The number of benzene rings is 1. The number of anilines is 1. The fourth-order valence-corrected chi connectivity index (χ4v) is 4.03. The smallest absolute Gasteiger partial charge is 0.250 e. The maximum Gasteiger partial charge on any atom is 0.250 e. The van der Waals surface area contributed by atoms with E-state index in [0.717, 1.165) is 16.2 Å². The highest BCUT2D eigenvalue weighted by atomic mass is 32.2. The number of sulfonamides is 1. The molecule has 5 nitrogen and oxygen atoms in total. The van der Waals surface area contributed by atoms with Crippen LogP contribution in [0.5, 0.6) is 0 Å². The summed E-state index contributed by atoms with van der Waals surface area (Å²) in [6.07, 6.45) is 1.94. The van der Waals surface area contributed by atoms with Gasteiger partial charge >= 0.3 is 0 Å². The Morgan fingerprint density at radius 2 is 2.10 bits per heavy atom. The molecule has 2 N–H and O–H groups in total. The van der Waals surface area contributed by atoms with Crippen molar-refractivity contribution in [3.8, 4) is 0 Å². The first-order valence-corrected chi connectivity index (χ1v) is 9.57. The van der Waals surface area contributed by atoms with Gasteiger partial charge in [-0.1, -0.05) is 12.1 Å². The van der Waals surface area contributed by atoms with Crippen molar-refractivity contribution in [1.82, 2.24) is 4.72 Å². The Labute approximate surface area is 131 Å². The van der Waals surface area contributed by atoms with Crippen LogP contribution in [0.25, 0.3) is 0 Å². The van der Waals surface area contributed by atoms with E-state index in [1.54, 1.807) is 29.3 Å². The predicted molar refractivity (Wildman–Crippen MR) is 86.4 cm³/mol. The van der Waals surface area contributed by atoms with Gasteiger partial charge in [-0.15, -0.1) is 23.1 Å². The van der Waals surface area contributed by atoms with Crippen molar-refractivity contribution >= 4 is 44.7 Å². The number of thioether (sulfide) groups is 1. The van der Waals surface area contributed by atoms with E-state index >= 15 is 0 Å². The summed E-state index contributed by atoms with van der Waals surface area (Å²) in [6, 6.07) is 10.5. The SMILES string of the molecule is CSc1cccc(NC(=O)CNS(=O)(=O)c2cccs2)c1. The zero-order valence-corrected chi connectivity index (χ0v) is 13.6. The first-order chi connectivity index (χ1) is 10.0. The van der Waals surface area contributed by atoms with Crippen LogP contribution in [0.15, 0.2) is 50.9 Å². The highest BCUT2D eigenvalue weighted by Gasteiger charge is 2.16. The lowest BCUT2D eigenvalue weighted by Gasteiger charge is -2.07. The highest BCUT2D eigenvalue weighted by molar-refractivity contribution is 7.98. The molecule has 1 amide bonds. The standard InChI is InChI=1S/C13H14N2O3S3/c1-19-11-5-2-4-10(8-11)15-12(16)9-14-21(17,18)13-6-3-7-20-13/h2-8,14H,9H2,1H3,(H,15,16). The summed E-state index contributed by atoms with van der Waals surface area (Å²) in [7, 11) is -3.61. The number of carbonyl (C=O) groups is 1. The lowest BCUT2D eigenvalue weighted by Crippen LogP contribution is -2.32. The van der Waals surface area contributed by atoms with Gasteiger partial charge < -0.3 is 5.32 Å². The molecule has 0 spiro atoms. The molecule has 8 heteroatoms. The van der Waals surface area contributed by atoms with Gasteiger partial charge in [-0.25, -0.2) is 13.1 Å². The van der Waals surface area contributed by atoms with Crippen LogP contribution in [0.2, 0.25) is 0 Å². The molecule has 2 rings (SSSR count). The molecular formula is C13H14N2O3S3. The van der Waals surface area contributed by atoms with Crippen molar-refractivity contribution in [2.45, 2.75) is 9.10 Å². The number of hydrogen-bond donors (Lipinski definition) is 2. The summed E-state index contributed by atoms with van der Waals surface area (Å²) in [5.41, 5.74) is 0.641. The zero-order valence-electron chi connectivity index (χ0n) is 11.2. The lowest BCUT2D eigenvalue weighted by atomic mass is 10.3. The van der Waals surface area contributed by atoms with E-state index < -0.39 is 15.9 Å². The Balaban J connectivity index is 1.93. The lowest BCUT2D eigenvalue weighted by molar-refractivity contribution is -0.115. The summed E-state index contributed by atoms with van der Waals surface area (Å²) in [5, 5.41) is 4.33. The van der Waals surface area contributed by atoms with Gasteiger partial charge in [0.25, 0.3) is 10.0 Å². The number of amides is 1. The van der Waals surface area contributed by atoms with Crippen molar-refractivity contribution in [3.63, 3.8) is 0 Å². The van der Waals surface area contributed by atoms with Gasteiger partial charge in [-0.2, -0.15) is 0 Å². The Hall–Kier alpha value is -1.35. The van der Waals surface area contributed by atoms with E-state index in [2.05, 4.69) is 10.0 Å². The summed E-state index contributed by atoms with van der Waals surface area (Å²) in [6.45, 7) is -0.302. The van der Waals surface area contributed by atoms with E-state index in [4.69, 9.17) is 0 Å². The molecule has 0 aliphatic rings. The third kappa shape index (κ3) is 4.57. The van der Waals surface area contributed by atoms with Crippen LogP contribution in [-0.4, -0.2) is 27.1 Å². The Bertz CT molecular complexity index is 712. The number of thiophene rings is 1. The topological polar surface area (TPSA) is 75.3 Å². The number of hydrogen-bond acceptors (Lipinski definition) is 5. The van der Waals surface area contributed by atoms with Crippen molar-refractivity contribution in [3.05, 3.63) is 41.8 Å². The van der Waals surface area contributed by atoms with Crippen LogP contribution in [0, 0.1) is 0 Å². The third-order valence-electron chi connectivity index (χ3n) is 2.54. The van der Waals surface area contributed by atoms with E-state index in [1.807, 2.05) is 24.5 Å². The quantitative estimate of drug-likeness (QED) is 0.791. The first-order valence-electron chi connectivity index (χ1n) is 5.98. The maximum absolute atomic E-state index is 11.9. The van der Waals surface area contributed by atoms with Crippen molar-refractivity contribution < 1.29 is 13.2 Å². The molecule has 2 aromatic rings. The Morgan fingerprint density at radius 3 is 2.76 bits per heavy atom. The van der Waals surface area contributed by atoms with E-state index in [1.165, 1.54) is 6.07 Å². The molecule has 0 saturated carbocycles. The monoisotopic (exact) mass is 342 g/mol. The van der Waals surface area contributed by atoms with Crippen molar-refractivity contribution in [2.24, 2.45) is 0 Å². The second-order valence-corrected chi connectivity index (χ2v) is 7.86. The summed E-state index contributed by atoms with van der Waals surface area (Å²) >= 11 is 2.67. The normalized spacial score (nSPS) is 11.3. The second kappa shape index (κ2) is 7.08. The summed E-state index contributed by atoms with van der Waals surface area (Å²) < 4.78 is 26.2. The second-order valence-electron chi connectivity index (χ2n) is 4.04. The van der Waals surface area contributed by atoms with Gasteiger partial charge in [0.1, 0.15) is 4.21 Å². The maximum atomic E-state index is 11.9. The van der Waals surface area contributed by atoms with Crippen LogP contribution < -0.4 is 10.0 Å². The first kappa shape index (κ1) is 16.0. The number of rotatable bonds is 6. The van der Waals surface area contributed by atoms with Crippen molar-refractivity contribution in [2.75, 3.05) is 18.1 Å². The summed E-state index contributed by atoms with van der Waals surface area (Å²) in [4.78, 5) is 12.8. The van der Waals surface area contributed by atoms with E-state index in [9.17, 15) is 13.2 Å². The number of nitrogens with one attached hydrogen (secondary N) is 2. The molecule has 0 radical (unpaired) electrons. The van der Waals surface area contributed by atoms with Gasteiger partial charge in [0.15, 0.2) is 0 Å². The van der Waals surface area contributed by atoms with Crippen molar-refractivity contribution in [1.29, 1.82) is 0 Å². The van der Waals surface area contributed by atoms with E-state index in [0.29, 0.717) is 5.69 Å². The molecule has 1 aromatic heterocycles. The fourth-order valence-electron chi connectivity index (χ4n) is 1.55. The van der Waals surface area contributed by atoms with Crippen LogP contribution in [-0.2, 0) is 14.8 Å². The summed E-state index contributed by atoms with van der Waals surface area (Å²) in [5.74, 6) is -0.409. The predicted octanol–water partition coefficient (Wildman–Crippen LogP) is 2.39. The van der Waals surface area contributed by atoms with Crippen LogP contribution >= 0.6 is 23.1 Å². The average Bonchev–Trinajstić information content (AvgIpc) is 3.00. The minimum Gasteiger partial charge on any atom is -0.325 e. The van der Waals surface area contributed by atoms with Gasteiger partial charge in [0.2, 0.25) is 5.91 Å². The minimum absolute atomic E-state index is 0.194. The average molecular weight is 342 g/mol. The third-order valence-corrected chi connectivity index (χ3v) is 6.06. The largest absolute Gasteiger partial charge is 0.325 e. The van der Waals surface area contributed by atoms with Gasteiger partial charge in [0.05, 0.1) is 6.54 Å².